The molecule has 1 heterocycles. The van der Waals surface area contributed by atoms with Crippen LogP contribution in [-0.2, 0) is 17.6 Å². The van der Waals surface area contributed by atoms with Gasteiger partial charge in [0.05, 0.1) is 18.2 Å². The van der Waals surface area contributed by atoms with E-state index in [0.29, 0.717) is 0 Å². The van der Waals surface area contributed by atoms with E-state index in [9.17, 15) is 9.90 Å². The van der Waals surface area contributed by atoms with E-state index in [4.69, 9.17) is 0 Å². The summed E-state index contributed by atoms with van der Waals surface area (Å²) in [5.74, 6) is -0.807. The zero-order valence-corrected chi connectivity index (χ0v) is 22.0. The number of benzene rings is 4. The average molecular weight is 494 g/mol. The number of carboxylic acid groups (broad SMARTS) is 1. The molecule has 0 saturated heterocycles. The molecule has 0 radical (unpaired) electrons. The molecule has 1 atom stereocenters. The third-order valence-electron chi connectivity index (χ3n) is 7.33. The van der Waals surface area contributed by atoms with Crippen LogP contribution in [0.25, 0.3) is 22.3 Å². The largest absolute Gasteiger partial charge is 0.481 e. The number of hydrogen-bond acceptors (Lipinski definition) is 3. The van der Waals surface area contributed by atoms with Gasteiger partial charge >= 0.3 is 5.97 Å². The van der Waals surface area contributed by atoms with E-state index in [2.05, 4.69) is 110 Å². The maximum absolute atomic E-state index is 12.1. The van der Waals surface area contributed by atoms with Gasteiger partial charge in [0.2, 0.25) is 0 Å². The van der Waals surface area contributed by atoms with Crippen molar-refractivity contribution < 1.29 is 9.90 Å². The van der Waals surface area contributed by atoms with E-state index < -0.39 is 5.97 Å². The highest BCUT2D eigenvalue weighted by Gasteiger charge is 2.35. The van der Waals surface area contributed by atoms with Gasteiger partial charge < -0.3 is 9.41 Å². The maximum Gasteiger partial charge on any atom is 0.307 e. The molecule has 0 unspecified atom stereocenters. The van der Waals surface area contributed by atoms with Crippen LogP contribution >= 0.6 is 11.9 Å². The molecule has 0 saturated carbocycles. The summed E-state index contributed by atoms with van der Waals surface area (Å²) in [5, 5.41) is 9.91. The van der Waals surface area contributed by atoms with Crippen molar-refractivity contribution in [1.82, 2.24) is 0 Å². The lowest BCUT2D eigenvalue weighted by Crippen LogP contribution is -2.29. The summed E-state index contributed by atoms with van der Waals surface area (Å²) in [6, 6.07) is 27.9. The van der Waals surface area contributed by atoms with Gasteiger partial charge in [-0.15, -0.1) is 0 Å². The third-order valence-corrected chi connectivity index (χ3v) is 8.16. The minimum absolute atomic E-state index is 0.00359. The van der Waals surface area contributed by atoms with Gasteiger partial charge in [-0.3, -0.25) is 4.79 Å². The molecular weight excluding hydrogens is 462 g/mol. The van der Waals surface area contributed by atoms with Crippen molar-refractivity contribution in [2.45, 2.75) is 39.7 Å². The predicted octanol–water partition coefficient (Wildman–Crippen LogP) is 7.95. The molecule has 1 aliphatic heterocycles. The highest BCUT2D eigenvalue weighted by molar-refractivity contribution is 8.00. The first kappa shape index (κ1) is 24.2. The summed E-state index contributed by atoms with van der Waals surface area (Å²) < 4.78 is 2.41. The molecule has 1 N–H and O–H groups in total. The second-order valence-corrected chi connectivity index (χ2v) is 10.3. The number of aryl methyl sites for hydroxylation is 1. The minimum Gasteiger partial charge on any atom is -0.481 e. The zero-order chi connectivity index (χ0) is 25.4. The Morgan fingerprint density at radius 3 is 2.19 bits per heavy atom. The van der Waals surface area contributed by atoms with Crippen LogP contribution in [0.3, 0.4) is 0 Å². The standard InChI is InChI=1S/C32H31NO2S/c1-20-14-16-24(17-15-20)30-22(3)31-26-13-9-8-12-25(26)28(18-23-10-6-5-7-11-23)33(36-4)32(31)21(2)27(30)19-29(34)35/h5-17,28H,18-19H2,1-4H3,(H,34,35)/t28-/m0/s1. The Morgan fingerprint density at radius 1 is 0.861 bits per heavy atom. The van der Waals surface area contributed by atoms with Gasteiger partial charge in [-0.1, -0.05) is 96.4 Å². The van der Waals surface area contributed by atoms with E-state index in [1.165, 1.54) is 27.8 Å². The predicted molar refractivity (Wildman–Crippen MR) is 152 cm³/mol. The fourth-order valence-corrected chi connectivity index (χ4v) is 6.53. The van der Waals surface area contributed by atoms with Crippen molar-refractivity contribution in [2.75, 3.05) is 10.6 Å². The second kappa shape index (κ2) is 9.87. The number of fused-ring (bicyclic) bond motifs is 3. The van der Waals surface area contributed by atoms with Crippen molar-refractivity contribution in [3.63, 3.8) is 0 Å². The monoisotopic (exact) mass is 493 g/mol. The first-order valence-electron chi connectivity index (χ1n) is 12.3. The van der Waals surface area contributed by atoms with E-state index >= 15 is 0 Å². The van der Waals surface area contributed by atoms with E-state index in [-0.39, 0.29) is 12.5 Å². The Bertz CT molecular complexity index is 1430. The fraction of sp³-hybridized carbons (Fsp3) is 0.219. The van der Waals surface area contributed by atoms with Gasteiger partial charge in [-0.05, 0) is 71.7 Å². The van der Waals surface area contributed by atoms with E-state index in [1.54, 1.807) is 11.9 Å². The Morgan fingerprint density at radius 2 is 1.53 bits per heavy atom. The van der Waals surface area contributed by atoms with Crippen LogP contribution in [0.5, 0.6) is 0 Å². The summed E-state index contributed by atoms with van der Waals surface area (Å²) in [6.45, 7) is 6.34. The normalized spacial score (nSPS) is 14.3. The number of carbonyl (C=O) groups is 1. The second-order valence-electron chi connectivity index (χ2n) is 9.56. The molecule has 182 valence electrons. The molecule has 36 heavy (non-hydrogen) atoms. The molecule has 0 aliphatic carbocycles. The molecule has 4 aromatic rings. The molecule has 0 aromatic heterocycles. The van der Waals surface area contributed by atoms with Crippen LogP contribution in [0.1, 0.15) is 39.4 Å². The minimum atomic E-state index is -0.807. The van der Waals surface area contributed by atoms with Crippen molar-refractivity contribution in [2.24, 2.45) is 0 Å². The topological polar surface area (TPSA) is 40.5 Å². The van der Waals surface area contributed by atoms with Gasteiger partial charge in [0, 0.05) is 11.8 Å². The van der Waals surface area contributed by atoms with E-state index in [0.717, 1.165) is 39.9 Å². The highest BCUT2D eigenvalue weighted by Crippen LogP contribution is 2.54. The maximum atomic E-state index is 12.1. The van der Waals surface area contributed by atoms with Crippen LogP contribution in [0.4, 0.5) is 5.69 Å². The molecule has 1 aliphatic rings. The van der Waals surface area contributed by atoms with Crippen molar-refractivity contribution in [1.29, 1.82) is 0 Å². The number of anilines is 1. The van der Waals surface area contributed by atoms with Gasteiger partial charge in [-0.2, -0.15) is 0 Å². The first-order valence-corrected chi connectivity index (χ1v) is 13.5. The van der Waals surface area contributed by atoms with Gasteiger partial charge in [0.25, 0.3) is 0 Å². The lowest BCUT2D eigenvalue weighted by Gasteiger charge is -2.41. The summed E-state index contributed by atoms with van der Waals surface area (Å²) in [4.78, 5) is 12.1. The third kappa shape index (κ3) is 4.20. The molecule has 0 spiro atoms. The van der Waals surface area contributed by atoms with Gasteiger partial charge in [0.15, 0.2) is 0 Å². The smallest absolute Gasteiger partial charge is 0.307 e. The van der Waals surface area contributed by atoms with Crippen LogP contribution in [-0.4, -0.2) is 17.3 Å². The lowest BCUT2D eigenvalue weighted by atomic mass is 9.78. The Labute approximate surface area is 217 Å². The fourth-order valence-electron chi connectivity index (χ4n) is 5.68. The molecule has 4 heteroatoms. The van der Waals surface area contributed by atoms with Gasteiger partial charge in [0.1, 0.15) is 0 Å². The number of rotatable bonds is 6. The van der Waals surface area contributed by atoms with Crippen molar-refractivity contribution >= 4 is 23.6 Å². The van der Waals surface area contributed by atoms with E-state index in [1.807, 2.05) is 0 Å². The summed E-state index contributed by atoms with van der Waals surface area (Å²) >= 11 is 1.72. The van der Waals surface area contributed by atoms with Crippen LogP contribution < -0.4 is 4.31 Å². The number of aliphatic carboxylic acids is 1. The van der Waals surface area contributed by atoms with Crippen molar-refractivity contribution in [3.05, 3.63) is 112 Å². The molecule has 0 fully saturated rings. The summed E-state index contributed by atoms with van der Waals surface area (Å²) in [6.07, 6.45) is 3.00. The van der Waals surface area contributed by atoms with Crippen LogP contribution in [0.2, 0.25) is 0 Å². The van der Waals surface area contributed by atoms with Crippen LogP contribution in [0.15, 0.2) is 78.9 Å². The molecule has 4 aromatic carbocycles. The summed E-state index contributed by atoms with van der Waals surface area (Å²) in [5.41, 5.74) is 12.6. The Kier molecular flexibility index (Phi) is 6.63. The van der Waals surface area contributed by atoms with Crippen molar-refractivity contribution in [3.8, 4) is 22.3 Å². The molecule has 5 rings (SSSR count). The molecule has 3 nitrogen and oxygen atoms in total. The Hall–Kier alpha value is -3.50. The van der Waals surface area contributed by atoms with Crippen LogP contribution in [0, 0.1) is 20.8 Å². The average Bonchev–Trinajstić information content (AvgIpc) is 2.88. The first-order chi connectivity index (χ1) is 17.4. The quantitative estimate of drug-likeness (QED) is 0.277. The zero-order valence-electron chi connectivity index (χ0n) is 21.2. The molecule has 0 amide bonds. The Balaban J connectivity index is 1.81. The molecule has 0 bridgehead atoms. The highest BCUT2D eigenvalue weighted by atomic mass is 32.2. The summed E-state index contributed by atoms with van der Waals surface area (Å²) in [7, 11) is 0. The number of carboxylic acids is 1. The lowest BCUT2D eigenvalue weighted by molar-refractivity contribution is -0.136. The molecular formula is C32H31NO2S. The number of nitrogens with zero attached hydrogens (tertiary/aromatic N) is 1. The number of hydrogen-bond donors (Lipinski definition) is 1. The van der Waals surface area contributed by atoms with Gasteiger partial charge in [-0.25, -0.2) is 0 Å². The SMILES string of the molecule is CSN1c2c(C)c(CC(=O)O)c(-c3ccc(C)cc3)c(C)c2-c2ccccc2[C@@H]1Cc1ccccc1.